The number of hydrogen-bond acceptors (Lipinski definition) is 5. The van der Waals surface area contributed by atoms with Crippen molar-refractivity contribution in [2.45, 2.75) is 75.4 Å². The standard InChI is InChI=1S/C35H40N4O3/c1-3-20-16-19-17-35(34(41)42-2)32-24(13-15-38(18-19)33(20)35)22-8-11-28(40)29(30(22)37-32)27-10-9-25-31-23(12-14-36-25)21-6-4-5-7-26(21)39(27)31/h4-8,11,19-20,25,27,33,36-37,40H,3,9-10,12-18H2,1-2H3/t19-,20-,25+,27+,33-,35+/m0/s1. The molecule has 4 bridgehead atoms. The van der Waals surface area contributed by atoms with Gasteiger partial charge in [0.2, 0.25) is 0 Å². The van der Waals surface area contributed by atoms with Gasteiger partial charge in [-0.1, -0.05) is 31.5 Å². The van der Waals surface area contributed by atoms with Gasteiger partial charge in [0, 0.05) is 58.4 Å². The van der Waals surface area contributed by atoms with Gasteiger partial charge in [0.15, 0.2) is 0 Å². The van der Waals surface area contributed by atoms with Crippen LogP contribution in [0.4, 0.5) is 0 Å². The topological polar surface area (TPSA) is 82.5 Å². The summed E-state index contributed by atoms with van der Waals surface area (Å²) < 4.78 is 8.20. The molecule has 7 heteroatoms. The number of carbonyl (C=O) groups is 1. The largest absolute Gasteiger partial charge is 0.508 e. The lowest BCUT2D eigenvalue weighted by molar-refractivity contribution is -0.162. The van der Waals surface area contributed by atoms with Gasteiger partial charge in [-0.05, 0) is 86.2 Å². The summed E-state index contributed by atoms with van der Waals surface area (Å²) in [7, 11) is 1.56. The van der Waals surface area contributed by atoms with Gasteiger partial charge < -0.3 is 24.7 Å². The number of H-pyrrole nitrogens is 1. The van der Waals surface area contributed by atoms with Crippen LogP contribution in [0.25, 0.3) is 21.8 Å². The number of benzene rings is 2. The Morgan fingerprint density at radius 2 is 2.00 bits per heavy atom. The first kappa shape index (κ1) is 25.2. The van der Waals surface area contributed by atoms with E-state index >= 15 is 0 Å². The molecule has 218 valence electrons. The second-order valence-electron chi connectivity index (χ2n) is 13.6. The van der Waals surface area contributed by atoms with Gasteiger partial charge in [-0.25, -0.2) is 0 Å². The molecule has 3 fully saturated rings. The monoisotopic (exact) mass is 564 g/mol. The molecule has 42 heavy (non-hydrogen) atoms. The molecule has 5 aliphatic heterocycles. The Hall–Kier alpha value is -3.29. The van der Waals surface area contributed by atoms with E-state index in [2.05, 4.69) is 57.0 Å². The van der Waals surface area contributed by atoms with Crippen molar-refractivity contribution >= 4 is 27.8 Å². The van der Waals surface area contributed by atoms with Crippen molar-refractivity contribution < 1.29 is 14.6 Å². The van der Waals surface area contributed by atoms with Crippen molar-refractivity contribution in [1.29, 1.82) is 0 Å². The quantitative estimate of drug-likeness (QED) is 0.287. The normalized spacial score (nSPS) is 32.9. The lowest BCUT2D eigenvalue weighted by Gasteiger charge is -2.57. The van der Waals surface area contributed by atoms with E-state index in [1.165, 1.54) is 34.1 Å². The van der Waals surface area contributed by atoms with E-state index in [9.17, 15) is 9.90 Å². The summed E-state index contributed by atoms with van der Waals surface area (Å²) in [6, 6.07) is 13.3. The number of para-hydroxylation sites is 1. The Kier molecular flexibility index (Phi) is 5.33. The number of phenolic OH excluding ortho intramolecular Hbond substituents is 1. The summed E-state index contributed by atoms with van der Waals surface area (Å²) in [6.07, 6.45) is 7.01. The highest BCUT2D eigenvalue weighted by Crippen LogP contribution is 2.56. The lowest BCUT2D eigenvalue weighted by atomic mass is 9.56. The number of nitrogens with zero attached hydrogens (tertiary/aromatic N) is 2. The predicted octanol–water partition coefficient (Wildman–Crippen LogP) is 5.49. The van der Waals surface area contributed by atoms with Crippen LogP contribution in [0.15, 0.2) is 36.4 Å². The number of ether oxygens (including phenoxy) is 1. The highest BCUT2D eigenvalue weighted by molar-refractivity contribution is 5.95. The van der Waals surface area contributed by atoms with Crippen LogP contribution in [-0.2, 0) is 27.8 Å². The van der Waals surface area contributed by atoms with E-state index in [-0.39, 0.29) is 18.1 Å². The molecule has 7 heterocycles. The van der Waals surface area contributed by atoms with Gasteiger partial charge >= 0.3 is 5.97 Å². The average molecular weight is 565 g/mol. The maximum absolute atomic E-state index is 14.1. The minimum atomic E-state index is -0.699. The predicted molar refractivity (Wildman–Crippen MR) is 163 cm³/mol. The van der Waals surface area contributed by atoms with Crippen molar-refractivity contribution in [3.05, 3.63) is 64.5 Å². The van der Waals surface area contributed by atoms with Gasteiger partial charge in [0.05, 0.1) is 18.7 Å². The summed E-state index contributed by atoms with van der Waals surface area (Å²) in [4.78, 5) is 20.6. The minimum absolute atomic E-state index is 0.0116. The van der Waals surface area contributed by atoms with Gasteiger partial charge in [-0.3, -0.25) is 9.69 Å². The number of rotatable bonds is 3. The number of esters is 1. The van der Waals surface area contributed by atoms with Crippen molar-refractivity contribution in [1.82, 2.24) is 19.8 Å². The Morgan fingerprint density at radius 1 is 1.12 bits per heavy atom. The van der Waals surface area contributed by atoms with Gasteiger partial charge in [-0.2, -0.15) is 0 Å². The van der Waals surface area contributed by atoms with Crippen LogP contribution in [0.5, 0.6) is 5.75 Å². The molecule has 2 aromatic heterocycles. The fourth-order valence-corrected chi connectivity index (χ4v) is 10.5. The Labute approximate surface area is 246 Å². The molecule has 7 atom stereocenters. The highest BCUT2D eigenvalue weighted by atomic mass is 16.5. The van der Waals surface area contributed by atoms with Crippen LogP contribution in [-0.4, -0.2) is 58.3 Å². The number of carbonyl (C=O) groups excluding carboxylic acids is 1. The lowest BCUT2D eigenvalue weighted by Crippen LogP contribution is -2.67. The third-order valence-corrected chi connectivity index (χ3v) is 11.9. The molecule has 0 spiro atoms. The van der Waals surface area contributed by atoms with Crippen LogP contribution < -0.4 is 5.32 Å². The molecule has 1 unspecified atom stereocenters. The summed E-state index contributed by atoms with van der Waals surface area (Å²) in [5.41, 5.74) is 7.68. The smallest absolute Gasteiger partial charge is 0.319 e. The first-order valence-corrected chi connectivity index (χ1v) is 16.1. The average Bonchev–Trinajstić information content (AvgIpc) is 3.54. The second-order valence-corrected chi connectivity index (χ2v) is 13.6. The molecule has 2 saturated heterocycles. The molecular formula is C35H40N4O3. The Bertz CT molecular complexity index is 1770. The van der Waals surface area contributed by atoms with Crippen LogP contribution >= 0.6 is 0 Å². The summed E-state index contributed by atoms with van der Waals surface area (Å²) in [5.74, 6) is 1.20. The molecule has 3 N–H and O–H groups in total. The molecule has 2 aromatic carbocycles. The number of phenols is 1. The molecule has 10 rings (SSSR count). The Morgan fingerprint density at radius 3 is 2.86 bits per heavy atom. The van der Waals surface area contributed by atoms with Crippen LogP contribution in [0, 0.1) is 11.8 Å². The minimum Gasteiger partial charge on any atom is -0.508 e. The zero-order chi connectivity index (χ0) is 28.3. The second kappa shape index (κ2) is 8.87. The zero-order valence-electron chi connectivity index (χ0n) is 24.6. The number of hydrogen-bond donors (Lipinski definition) is 3. The molecule has 1 saturated carbocycles. The van der Waals surface area contributed by atoms with E-state index in [1.54, 1.807) is 7.11 Å². The van der Waals surface area contributed by atoms with E-state index in [0.717, 1.165) is 80.3 Å². The summed E-state index contributed by atoms with van der Waals surface area (Å²) in [6.45, 7) is 5.32. The number of nitrogens with one attached hydrogen (secondary N) is 2. The summed E-state index contributed by atoms with van der Waals surface area (Å²) in [5, 5.41) is 17.9. The molecule has 0 radical (unpaired) electrons. The van der Waals surface area contributed by atoms with E-state index in [1.807, 2.05) is 6.07 Å². The number of fused-ring (bicyclic) bond motifs is 7. The maximum atomic E-state index is 14.1. The molecular weight excluding hydrogens is 524 g/mol. The van der Waals surface area contributed by atoms with Crippen LogP contribution in [0.2, 0.25) is 0 Å². The maximum Gasteiger partial charge on any atom is 0.319 e. The number of piperidine rings is 2. The van der Waals surface area contributed by atoms with E-state index in [0.29, 0.717) is 23.6 Å². The van der Waals surface area contributed by atoms with Crippen molar-refractivity contribution in [2.75, 3.05) is 26.7 Å². The fraction of sp³-hybridized carbons (Fsp3) is 0.514. The van der Waals surface area contributed by atoms with Crippen LogP contribution in [0.3, 0.4) is 0 Å². The van der Waals surface area contributed by atoms with Gasteiger partial charge in [0.25, 0.3) is 0 Å². The zero-order valence-corrected chi connectivity index (χ0v) is 24.6. The first-order valence-electron chi connectivity index (χ1n) is 16.1. The molecule has 0 amide bonds. The number of aromatic hydroxyl groups is 1. The first-order chi connectivity index (χ1) is 20.5. The molecule has 4 aromatic rings. The number of methoxy groups -OCH3 is 1. The van der Waals surface area contributed by atoms with Crippen molar-refractivity contribution in [2.24, 2.45) is 11.8 Å². The molecule has 6 aliphatic rings. The highest BCUT2D eigenvalue weighted by Gasteiger charge is 2.62. The van der Waals surface area contributed by atoms with Crippen molar-refractivity contribution in [3.63, 3.8) is 0 Å². The molecule has 7 nitrogen and oxygen atoms in total. The third kappa shape index (κ3) is 3.06. The molecule has 1 aliphatic carbocycles. The van der Waals surface area contributed by atoms with Gasteiger partial charge in [-0.15, -0.1) is 0 Å². The van der Waals surface area contributed by atoms with E-state index in [4.69, 9.17) is 4.74 Å². The van der Waals surface area contributed by atoms with Crippen LogP contribution in [0.1, 0.15) is 79.2 Å². The fourth-order valence-electron chi connectivity index (χ4n) is 10.5. The summed E-state index contributed by atoms with van der Waals surface area (Å²) >= 11 is 0. The van der Waals surface area contributed by atoms with Crippen molar-refractivity contribution in [3.8, 4) is 5.75 Å². The SMILES string of the molecule is CC[C@H]1C[C@@H]2CN3CCc4c([nH]c5c([C@H]6CC[C@H]7NCCc8c7n6c6ccccc86)c(O)ccc45)[C@](C(=O)OC)(C2)[C@H]13. The van der Waals surface area contributed by atoms with Gasteiger partial charge in [0.1, 0.15) is 11.2 Å². The number of aromatic nitrogens is 2. The number of aromatic amines is 1. The Balaban J connectivity index is 1.30. The third-order valence-electron chi connectivity index (χ3n) is 11.9. The van der Waals surface area contributed by atoms with E-state index < -0.39 is 5.41 Å².